The van der Waals surface area contributed by atoms with Crippen molar-refractivity contribution < 1.29 is 19.7 Å². The third kappa shape index (κ3) is 5.96. The Morgan fingerprint density at radius 2 is 1.87 bits per heavy atom. The van der Waals surface area contributed by atoms with Crippen LogP contribution in [-0.4, -0.2) is 84.5 Å². The summed E-state index contributed by atoms with van der Waals surface area (Å²) in [6.45, 7) is 12.2. The predicted molar refractivity (Wildman–Crippen MR) is 144 cm³/mol. The van der Waals surface area contributed by atoms with Gasteiger partial charge in [-0.15, -0.1) is 0 Å². The molecule has 1 amide bonds. The van der Waals surface area contributed by atoms with Gasteiger partial charge in [-0.05, 0) is 43.4 Å². The summed E-state index contributed by atoms with van der Waals surface area (Å²) in [6, 6.07) is 7.89. The Hall–Kier alpha value is -3.12. The molecule has 0 aliphatic carbocycles. The average molecular weight is 526 g/mol. The van der Waals surface area contributed by atoms with Crippen LogP contribution < -0.4 is 11.1 Å². The number of carbonyl (C=O) groups excluding carboxylic acids is 1. The van der Waals surface area contributed by atoms with Gasteiger partial charge < -0.3 is 26.0 Å². The summed E-state index contributed by atoms with van der Waals surface area (Å²) in [5, 5.41) is 24.5. The number of hydrogen-bond donors (Lipinski definition) is 4. The van der Waals surface area contributed by atoms with E-state index in [2.05, 4.69) is 59.8 Å². The number of fused-ring (bicyclic) bond motifs is 1. The van der Waals surface area contributed by atoms with Crippen molar-refractivity contribution in [1.29, 1.82) is 0 Å². The number of aliphatic hydroxyl groups is 2. The van der Waals surface area contributed by atoms with Crippen LogP contribution >= 0.6 is 0 Å². The van der Waals surface area contributed by atoms with Crippen molar-refractivity contribution >= 4 is 22.9 Å². The molecule has 0 saturated carbocycles. The Morgan fingerprint density at radius 1 is 1.16 bits per heavy atom. The van der Waals surface area contributed by atoms with E-state index in [4.69, 9.17) is 10.5 Å². The molecule has 38 heavy (non-hydrogen) atoms. The third-order valence-electron chi connectivity index (χ3n) is 7.06. The number of ether oxygens (including phenoxy) is 1. The maximum atomic E-state index is 12.6. The van der Waals surface area contributed by atoms with Gasteiger partial charge in [0.2, 0.25) is 0 Å². The molecule has 2 aromatic heterocycles. The highest BCUT2D eigenvalue weighted by Gasteiger charge is 2.45. The van der Waals surface area contributed by atoms with Gasteiger partial charge in [0.1, 0.15) is 30.2 Å². The first kappa shape index (κ1) is 27.9. The number of aromatic nitrogens is 4. The van der Waals surface area contributed by atoms with Crippen LogP contribution in [-0.2, 0) is 10.2 Å². The maximum Gasteiger partial charge on any atom is 0.251 e. The molecular weight excluding hydrogens is 486 g/mol. The fourth-order valence-corrected chi connectivity index (χ4v) is 4.67. The predicted octanol–water partition coefficient (Wildman–Crippen LogP) is 1.86. The van der Waals surface area contributed by atoms with Crippen molar-refractivity contribution in [3.63, 3.8) is 0 Å². The zero-order valence-corrected chi connectivity index (χ0v) is 22.7. The Labute approximate surface area is 223 Å². The van der Waals surface area contributed by atoms with E-state index in [1.54, 1.807) is 4.57 Å². The molecule has 0 unspecified atom stereocenters. The maximum absolute atomic E-state index is 12.6. The van der Waals surface area contributed by atoms with E-state index >= 15 is 0 Å². The molecule has 1 aliphatic rings. The topological polar surface area (TPSA) is 152 Å². The molecule has 0 bridgehead atoms. The van der Waals surface area contributed by atoms with E-state index < -0.39 is 24.5 Å². The minimum Gasteiger partial charge on any atom is -0.387 e. The van der Waals surface area contributed by atoms with Crippen molar-refractivity contribution in [3.8, 4) is 0 Å². The largest absolute Gasteiger partial charge is 0.387 e. The number of nitrogens with one attached hydrogen (secondary N) is 1. The standard InChI is InChI=1S/C27H39N7O4/c1-16(2)33(12-6-11-29-25(37)17-7-9-18(10-8-17)27(3,4)5)13-19-21(35)22(36)26(38-19)34-15-32-20-23(28)30-14-31-24(20)34/h7-10,14-16,19,21-22,26,35-36H,6,11-13H2,1-5H3,(H,29,37)(H2,28,30,31)/t19-,21-,22-,26-/m1/s1. The second-order valence-corrected chi connectivity index (χ2v) is 11.2. The summed E-state index contributed by atoms with van der Waals surface area (Å²) in [7, 11) is 0. The van der Waals surface area contributed by atoms with Gasteiger partial charge in [-0.25, -0.2) is 15.0 Å². The zero-order chi connectivity index (χ0) is 27.6. The SMILES string of the molecule is CC(C)N(CCCNC(=O)c1ccc(C(C)(C)C)cc1)C[C@H]1O[C@@H](n2cnc3c(N)ncnc32)[C@H](O)[C@@H]1O. The van der Waals surface area contributed by atoms with E-state index in [-0.39, 0.29) is 23.2 Å². The van der Waals surface area contributed by atoms with E-state index in [1.807, 2.05) is 24.3 Å². The van der Waals surface area contributed by atoms with Crippen LogP contribution in [0.4, 0.5) is 5.82 Å². The molecule has 11 nitrogen and oxygen atoms in total. The molecule has 1 aliphatic heterocycles. The smallest absolute Gasteiger partial charge is 0.251 e. The molecule has 4 rings (SSSR count). The zero-order valence-electron chi connectivity index (χ0n) is 22.7. The van der Waals surface area contributed by atoms with Crippen LogP contribution in [0.2, 0.25) is 0 Å². The molecule has 1 saturated heterocycles. The Bertz CT molecular complexity index is 1240. The highest BCUT2D eigenvalue weighted by Crippen LogP contribution is 2.32. The molecular formula is C27H39N7O4. The lowest BCUT2D eigenvalue weighted by Crippen LogP contribution is -2.43. The number of nitrogens with two attached hydrogens (primary N) is 1. The number of anilines is 1. The third-order valence-corrected chi connectivity index (χ3v) is 7.06. The summed E-state index contributed by atoms with van der Waals surface area (Å²) in [5.74, 6) is 0.136. The van der Waals surface area contributed by atoms with Crippen LogP contribution in [0, 0.1) is 0 Å². The van der Waals surface area contributed by atoms with Crippen molar-refractivity contribution in [1.82, 2.24) is 29.7 Å². The normalized spacial score (nSPS) is 22.0. The van der Waals surface area contributed by atoms with Crippen LogP contribution in [0.1, 0.15) is 63.2 Å². The summed E-state index contributed by atoms with van der Waals surface area (Å²) >= 11 is 0. The molecule has 11 heteroatoms. The van der Waals surface area contributed by atoms with Gasteiger partial charge in [0.25, 0.3) is 5.91 Å². The molecule has 4 atom stereocenters. The lowest BCUT2D eigenvalue weighted by molar-refractivity contribution is -0.0468. The van der Waals surface area contributed by atoms with Crippen molar-refractivity contribution in [2.75, 3.05) is 25.4 Å². The number of nitrogen functional groups attached to an aromatic ring is 1. The monoisotopic (exact) mass is 525 g/mol. The van der Waals surface area contributed by atoms with Crippen LogP contribution in [0.25, 0.3) is 11.2 Å². The van der Waals surface area contributed by atoms with Gasteiger partial charge in [0.05, 0.1) is 6.33 Å². The second-order valence-electron chi connectivity index (χ2n) is 11.2. The molecule has 3 aromatic rings. The number of rotatable bonds is 9. The number of nitrogens with zero attached hydrogens (tertiary/aromatic N) is 5. The fraction of sp³-hybridized carbons (Fsp3) is 0.556. The summed E-state index contributed by atoms with van der Waals surface area (Å²) in [6.07, 6.45) is -0.192. The molecule has 3 heterocycles. The van der Waals surface area contributed by atoms with Crippen LogP contribution in [0.3, 0.4) is 0 Å². The van der Waals surface area contributed by atoms with E-state index in [0.717, 1.165) is 6.42 Å². The molecule has 0 spiro atoms. The number of amides is 1. The highest BCUT2D eigenvalue weighted by atomic mass is 16.6. The first-order valence-electron chi connectivity index (χ1n) is 13.0. The van der Waals surface area contributed by atoms with E-state index in [1.165, 1.54) is 18.2 Å². The van der Waals surface area contributed by atoms with Gasteiger partial charge in [-0.3, -0.25) is 14.3 Å². The minimum atomic E-state index is -1.16. The lowest BCUT2D eigenvalue weighted by atomic mass is 9.87. The molecule has 1 aromatic carbocycles. The average Bonchev–Trinajstić information content (AvgIpc) is 3.42. The summed E-state index contributed by atoms with van der Waals surface area (Å²) in [4.78, 5) is 27.1. The van der Waals surface area contributed by atoms with Crippen LogP contribution in [0.5, 0.6) is 0 Å². The van der Waals surface area contributed by atoms with Gasteiger partial charge in [-0.2, -0.15) is 0 Å². The number of aliphatic hydroxyl groups excluding tert-OH is 2. The minimum absolute atomic E-state index is 0.0386. The number of hydrogen-bond acceptors (Lipinski definition) is 9. The molecule has 0 radical (unpaired) electrons. The van der Waals surface area contributed by atoms with Crippen LogP contribution in [0.15, 0.2) is 36.9 Å². The Morgan fingerprint density at radius 3 is 2.53 bits per heavy atom. The first-order chi connectivity index (χ1) is 18.0. The van der Waals surface area contributed by atoms with Gasteiger partial charge in [-0.1, -0.05) is 32.9 Å². The molecule has 1 fully saturated rings. The lowest BCUT2D eigenvalue weighted by Gasteiger charge is -2.30. The Balaban J connectivity index is 1.31. The van der Waals surface area contributed by atoms with E-state index in [9.17, 15) is 15.0 Å². The first-order valence-corrected chi connectivity index (χ1v) is 13.0. The fourth-order valence-electron chi connectivity index (χ4n) is 4.67. The molecule has 5 N–H and O–H groups in total. The number of benzene rings is 1. The number of carbonyl (C=O) groups is 1. The summed E-state index contributed by atoms with van der Waals surface area (Å²) in [5.41, 5.74) is 8.58. The van der Waals surface area contributed by atoms with Gasteiger partial charge in [0, 0.05) is 31.2 Å². The second kappa shape index (κ2) is 11.3. The molecule has 206 valence electrons. The van der Waals surface area contributed by atoms with Crippen molar-refractivity contribution in [2.45, 2.75) is 77.0 Å². The Kier molecular flexibility index (Phi) is 8.31. The van der Waals surface area contributed by atoms with Gasteiger partial charge >= 0.3 is 0 Å². The highest BCUT2D eigenvalue weighted by molar-refractivity contribution is 5.94. The van der Waals surface area contributed by atoms with Crippen molar-refractivity contribution in [3.05, 3.63) is 48.0 Å². The van der Waals surface area contributed by atoms with Crippen molar-refractivity contribution in [2.24, 2.45) is 0 Å². The quantitative estimate of drug-likeness (QED) is 0.307. The summed E-state index contributed by atoms with van der Waals surface area (Å²) < 4.78 is 7.68. The number of imidazole rings is 1. The van der Waals surface area contributed by atoms with E-state index in [0.29, 0.717) is 36.4 Å². The van der Waals surface area contributed by atoms with Gasteiger partial charge in [0.15, 0.2) is 17.7 Å².